The molecular formula is C18H16FN7O. The van der Waals surface area contributed by atoms with Gasteiger partial charge in [0.2, 0.25) is 0 Å². The average molecular weight is 365 g/mol. The predicted molar refractivity (Wildman–Crippen MR) is 95.5 cm³/mol. The van der Waals surface area contributed by atoms with Gasteiger partial charge in [-0.05, 0) is 29.8 Å². The molecule has 0 unspecified atom stereocenters. The fourth-order valence-electron chi connectivity index (χ4n) is 2.63. The Morgan fingerprint density at radius 1 is 1.07 bits per heavy atom. The lowest BCUT2D eigenvalue weighted by Crippen LogP contribution is -2.14. The van der Waals surface area contributed by atoms with Crippen molar-refractivity contribution in [3.63, 3.8) is 0 Å². The van der Waals surface area contributed by atoms with Crippen molar-refractivity contribution < 1.29 is 9.18 Å². The van der Waals surface area contributed by atoms with Crippen LogP contribution in [-0.4, -0.2) is 35.2 Å². The van der Waals surface area contributed by atoms with Gasteiger partial charge in [0.1, 0.15) is 12.5 Å². The summed E-state index contributed by atoms with van der Waals surface area (Å²) >= 11 is 0. The van der Waals surface area contributed by atoms with Crippen molar-refractivity contribution in [3.8, 4) is 0 Å². The van der Waals surface area contributed by atoms with Gasteiger partial charge in [0, 0.05) is 24.8 Å². The number of amides is 1. The van der Waals surface area contributed by atoms with Crippen LogP contribution in [0.4, 0.5) is 10.1 Å². The Morgan fingerprint density at radius 3 is 2.81 bits per heavy atom. The molecule has 0 saturated heterocycles. The quantitative estimate of drug-likeness (QED) is 0.568. The lowest BCUT2D eigenvalue weighted by molar-refractivity contribution is 0.102. The van der Waals surface area contributed by atoms with Crippen molar-refractivity contribution in [1.82, 2.24) is 29.3 Å². The van der Waals surface area contributed by atoms with E-state index >= 15 is 0 Å². The molecule has 1 amide bonds. The maximum atomic E-state index is 13.3. The zero-order chi connectivity index (χ0) is 18.6. The van der Waals surface area contributed by atoms with Crippen LogP contribution in [0.1, 0.15) is 16.1 Å². The summed E-state index contributed by atoms with van der Waals surface area (Å²) in [6, 6.07) is 9.76. The van der Waals surface area contributed by atoms with Crippen LogP contribution in [0.25, 0.3) is 0 Å². The number of carbonyl (C=O) groups excluding carboxylic acids is 1. The molecule has 3 aromatic heterocycles. The van der Waals surface area contributed by atoms with E-state index in [1.165, 1.54) is 18.3 Å². The third kappa shape index (κ3) is 4.09. The van der Waals surface area contributed by atoms with E-state index in [4.69, 9.17) is 0 Å². The van der Waals surface area contributed by atoms with Gasteiger partial charge < -0.3 is 5.32 Å². The summed E-state index contributed by atoms with van der Waals surface area (Å²) < 4.78 is 18.2. The van der Waals surface area contributed by atoms with Crippen molar-refractivity contribution in [2.45, 2.75) is 13.2 Å². The van der Waals surface area contributed by atoms with Gasteiger partial charge in [-0.1, -0.05) is 12.1 Å². The Labute approximate surface area is 153 Å². The number of halogens is 1. The fourth-order valence-corrected chi connectivity index (χ4v) is 2.63. The molecule has 27 heavy (non-hydrogen) atoms. The summed E-state index contributed by atoms with van der Waals surface area (Å²) in [6.45, 7) is 0.831. The van der Waals surface area contributed by atoms with Crippen LogP contribution < -0.4 is 5.32 Å². The Balaban J connectivity index is 1.38. The van der Waals surface area contributed by atoms with Gasteiger partial charge in [-0.25, -0.2) is 4.39 Å². The van der Waals surface area contributed by atoms with Crippen LogP contribution in [0.2, 0.25) is 0 Å². The van der Waals surface area contributed by atoms with Gasteiger partial charge in [0.25, 0.3) is 5.91 Å². The first-order valence-electron chi connectivity index (χ1n) is 8.25. The van der Waals surface area contributed by atoms with Gasteiger partial charge in [-0.15, -0.1) is 0 Å². The summed E-state index contributed by atoms with van der Waals surface area (Å²) in [5.74, 6) is -0.626. The highest BCUT2D eigenvalue weighted by molar-refractivity contribution is 6.02. The third-order valence-corrected chi connectivity index (χ3v) is 3.85. The maximum Gasteiger partial charge on any atom is 0.276 e. The molecule has 8 nitrogen and oxygen atoms in total. The second-order valence-electron chi connectivity index (χ2n) is 5.94. The molecule has 1 aromatic carbocycles. The van der Waals surface area contributed by atoms with Crippen LogP contribution >= 0.6 is 0 Å². The molecule has 0 saturated carbocycles. The molecule has 0 radical (unpaired) electrons. The third-order valence-electron chi connectivity index (χ3n) is 3.85. The molecule has 9 heteroatoms. The molecule has 0 aliphatic heterocycles. The highest BCUT2D eigenvalue weighted by Gasteiger charge is 2.11. The topological polar surface area (TPSA) is 82.6 Å². The fraction of sp³-hybridized carbons (Fsp3) is 0.111. The molecule has 0 fully saturated rings. The van der Waals surface area contributed by atoms with Crippen molar-refractivity contribution in [2.75, 3.05) is 5.32 Å². The smallest absolute Gasteiger partial charge is 0.276 e. The molecular weight excluding hydrogens is 349 g/mol. The SMILES string of the molecule is O=C(Nc1cnn(Cc2cccc(F)c2)c1)c1ccn(Cn2cccn2)n1. The number of aromatic nitrogens is 6. The molecule has 0 spiro atoms. The van der Waals surface area contributed by atoms with Gasteiger partial charge in [0.05, 0.1) is 18.4 Å². The normalized spacial score (nSPS) is 10.9. The van der Waals surface area contributed by atoms with E-state index in [0.717, 1.165) is 5.56 Å². The number of anilines is 1. The zero-order valence-corrected chi connectivity index (χ0v) is 14.2. The highest BCUT2D eigenvalue weighted by atomic mass is 19.1. The first-order chi connectivity index (χ1) is 13.2. The van der Waals surface area contributed by atoms with Gasteiger partial charge >= 0.3 is 0 Å². The Hall–Kier alpha value is -3.75. The van der Waals surface area contributed by atoms with Crippen LogP contribution in [-0.2, 0) is 13.2 Å². The van der Waals surface area contributed by atoms with E-state index in [-0.39, 0.29) is 11.7 Å². The van der Waals surface area contributed by atoms with E-state index in [0.29, 0.717) is 24.6 Å². The number of nitrogens with zero attached hydrogens (tertiary/aromatic N) is 6. The molecule has 1 N–H and O–H groups in total. The second kappa shape index (κ2) is 7.24. The van der Waals surface area contributed by atoms with Crippen LogP contribution in [0.3, 0.4) is 0 Å². The van der Waals surface area contributed by atoms with Gasteiger partial charge in [0.15, 0.2) is 5.69 Å². The molecule has 3 heterocycles. The van der Waals surface area contributed by atoms with E-state index < -0.39 is 0 Å². The Morgan fingerprint density at radius 2 is 2.00 bits per heavy atom. The number of hydrogen-bond acceptors (Lipinski definition) is 4. The lowest BCUT2D eigenvalue weighted by atomic mass is 10.2. The van der Waals surface area contributed by atoms with E-state index in [1.807, 2.05) is 18.3 Å². The molecule has 4 aromatic rings. The maximum absolute atomic E-state index is 13.3. The molecule has 0 aliphatic carbocycles. The average Bonchev–Trinajstić information content (AvgIpc) is 3.38. The van der Waals surface area contributed by atoms with Crippen molar-refractivity contribution in [2.24, 2.45) is 0 Å². The Bertz CT molecular complexity index is 1050. The number of nitrogens with one attached hydrogen (secondary N) is 1. The molecule has 136 valence electrons. The number of rotatable bonds is 6. The number of hydrogen-bond donors (Lipinski definition) is 1. The van der Waals surface area contributed by atoms with Crippen LogP contribution in [0.5, 0.6) is 0 Å². The van der Waals surface area contributed by atoms with Crippen molar-refractivity contribution in [3.05, 3.63) is 84.5 Å². The second-order valence-corrected chi connectivity index (χ2v) is 5.94. The highest BCUT2D eigenvalue weighted by Crippen LogP contribution is 2.10. The molecule has 0 bridgehead atoms. The molecule has 0 aliphatic rings. The number of benzene rings is 1. The lowest BCUT2D eigenvalue weighted by Gasteiger charge is -2.02. The monoisotopic (exact) mass is 365 g/mol. The van der Waals surface area contributed by atoms with Crippen molar-refractivity contribution >= 4 is 11.6 Å². The summed E-state index contributed by atoms with van der Waals surface area (Å²) in [4.78, 5) is 12.3. The van der Waals surface area contributed by atoms with Gasteiger partial charge in [-0.2, -0.15) is 15.3 Å². The largest absolute Gasteiger partial charge is 0.318 e. The van der Waals surface area contributed by atoms with Crippen LogP contribution in [0.15, 0.2) is 67.4 Å². The van der Waals surface area contributed by atoms with E-state index in [9.17, 15) is 9.18 Å². The summed E-state index contributed by atoms with van der Waals surface area (Å²) in [7, 11) is 0. The van der Waals surface area contributed by atoms with Crippen molar-refractivity contribution in [1.29, 1.82) is 0 Å². The standard InChI is InChI=1S/C18H16FN7O/c19-15-4-1-3-14(9-15)11-26-12-16(10-21-26)22-18(27)17-5-8-25(23-17)13-24-7-2-6-20-24/h1-10,12H,11,13H2,(H,22,27). The first kappa shape index (κ1) is 16.7. The minimum Gasteiger partial charge on any atom is -0.318 e. The van der Waals surface area contributed by atoms with Crippen LogP contribution in [0, 0.1) is 5.82 Å². The van der Waals surface area contributed by atoms with E-state index in [2.05, 4.69) is 20.6 Å². The summed E-state index contributed by atoms with van der Waals surface area (Å²) in [5.41, 5.74) is 1.62. The molecule has 0 atom stereocenters. The zero-order valence-electron chi connectivity index (χ0n) is 14.2. The number of carbonyl (C=O) groups is 1. The van der Waals surface area contributed by atoms with E-state index in [1.54, 1.807) is 44.8 Å². The summed E-state index contributed by atoms with van der Waals surface area (Å²) in [5, 5.41) is 15.3. The predicted octanol–water partition coefficient (Wildman–Crippen LogP) is 2.22. The minimum atomic E-state index is -0.334. The Kier molecular flexibility index (Phi) is 4.48. The summed E-state index contributed by atoms with van der Waals surface area (Å²) in [6.07, 6.45) is 8.43. The first-order valence-corrected chi connectivity index (χ1v) is 8.25. The van der Waals surface area contributed by atoms with Gasteiger partial charge in [-0.3, -0.25) is 18.8 Å². The minimum absolute atomic E-state index is 0.292. The molecule has 4 rings (SSSR count).